The highest BCUT2D eigenvalue weighted by Crippen LogP contribution is 2.20. The van der Waals surface area contributed by atoms with E-state index in [1.165, 1.54) is 16.2 Å². The molecule has 0 radical (unpaired) electrons. The lowest BCUT2D eigenvalue weighted by Crippen LogP contribution is -2.59. The molecule has 11 nitrogen and oxygen atoms in total. The minimum Gasteiger partial charge on any atom is -0.444 e. The molecule has 0 spiro atoms. The zero-order valence-electron chi connectivity index (χ0n) is 29.4. The van der Waals surface area contributed by atoms with Crippen LogP contribution in [-0.4, -0.2) is 71.2 Å². The Hall–Kier alpha value is -4.33. The van der Waals surface area contributed by atoms with Crippen LogP contribution in [0.5, 0.6) is 0 Å². The number of nitrogens with one attached hydrogen (secondary N) is 4. The lowest BCUT2D eigenvalue weighted by molar-refractivity contribution is -0.124. The number of aromatic nitrogens is 2. The first-order valence-corrected chi connectivity index (χ1v) is 18.7. The second kappa shape index (κ2) is 19.8. The minimum absolute atomic E-state index is 0.149. The van der Waals surface area contributed by atoms with Gasteiger partial charge < -0.3 is 30.9 Å². The highest BCUT2D eigenvalue weighted by molar-refractivity contribution is 7.09. The van der Waals surface area contributed by atoms with E-state index in [0.29, 0.717) is 38.1 Å². The van der Waals surface area contributed by atoms with Crippen molar-refractivity contribution in [2.24, 2.45) is 0 Å². The first-order chi connectivity index (χ1) is 24.1. The van der Waals surface area contributed by atoms with E-state index in [-0.39, 0.29) is 36.7 Å². The van der Waals surface area contributed by atoms with Crippen molar-refractivity contribution >= 4 is 40.7 Å². The van der Waals surface area contributed by atoms with Crippen LogP contribution in [0.25, 0.3) is 0 Å². The monoisotopic (exact) mass is 719 g/mol. The third-order valence-corrected chi connectivity index (χ3v) is 10.3. The molecule has 0 aliphatic carbocycles. The summed E-state index contributed by atoms with van der Waals surface area (Å²) in [7, 11) is 3.46. The molecule has 0 fully saturated rings. The number of benzene rings is 2. The van der Waals surface area contributed by atoms with Crippen molar-refractivity contribution in [1.29, 1.82) is 0 Å². The van der Waals surface area contributed by atoms with Gasteiger partial charge in [0.25, 0.3) is 0 Å². The third-order valence-electron chi connectivity index (χ3n) is 8.34. The van der Waals surface area contributed by atoms with Gasteiger partial charge in [-0.1, -0.05) is 74.5 Å². The van der Waals surface area contributed by atoms with Crippen LogP contribution in [0.3, 0.4) is 0 Å². The highest BCUT2D eigenvalue weighted by Gasteiger charge is 2.29. The van der Waals surface area contributed by atoms with Gasteiger partial charge in [-0.3, -0.25) is 9.78 Å². The summed E-state index contributed by atoms with van der Waals surface area (Å²) in [6.45, 7) is 6.52. The van der Waals surface area contributed by atoms with Crippen molar-refractivity contribution in [3.8, 4) is 0 Å². The zero-order chi connectivity index (χ0) is 35.9. The molecular weight excluding hydrogens is 671 g/mol. The number of carbonyl (C=O) groups excluding carboxylic acids is 3. The van der Waals surface area contributed by atoms with Crippen LogP contribution >= 0.6 is 22.7 Å². The average molecular weight is 720 g/mol. The Bertz CT molecular complexity index is 1600. The van der Waals surface area contributed by atoms with E-state index >= 15 is 0 Å². The second-order valence-corrected chi connectivity index (χ2v) is 14.6. The lowest BCUT2D eigenvalue weighted by Gasteiger charge is -2.29. The zero-order valence-corrected chi connectivity index (χ0v) is 31.1. The normalized spacial score (nSPS) is 13.6. The Kier molecular flexibility index (Phi) is 15.2. The third kappa shape index (κ3) is 12.5. The van der Waals surface area contributed by atoms with Gasteiger partial charge in [0.05, 0.1) is 27.6 Å². The van der Waals surface area contributed by atoms with Gasteiger partial charge in [0.2, 0.25) is 5.91 Å². The standard InChI is InChI=1S/C37H49N7O4S2/c1-25(2)35-41-31(23-49-35)21-44(5)36(46)43-33(26(3)38-4)34(45)40-29(18-27-12-8-6-9-13-27)16-17-30(19-28-14-10-7-11-15-28)42-37(47)48-22-32-20-39-24-50-32/h6-15,20,23-26,29-30,33,38H,16-19,21-22H2,1-5H3,(H,40,45)(H,42,47)(H,43,46). The van der Waals surface area contributed by atoms with Crippen molar-refractivity contribution in [2.45, 2.75) is 89.7 Å². The largest absolute Gasteiger partial charge is 0.444 e. The van der Waals surface area contributed by atoms with Crippen molar-refractivity contribution in [3.63, 3.8) is 0 Å². The first kappa shape index (κ1) is 38.5. The predicted octanol–water partition coefficient (Wildman–Crippen LogP) is 5.89. The molecule has 50 heavy (non-hydrogen) atoms. The number of ether oxygens (including phenoxy) is 1. The molecule has 2 aromatic carbocycles. The summed E-state index contributed by atoms with van der Waals surface area (Å²) in [6, 6.07) is 17.9. The molecule has 4 atom stereocenters. The molecule has 2 heterocycles. The molecule has 268 valence electrons. The Morgan fingerprint density at radius 2 is 1.48 bits per heavy atom. The fraction of sp³-hybridized carbons (Fsp3) is 0.432. The fourth-order valence-corrected chi connectivity index (χ4v) is 6.73. The number of urea groups is 1. The first-order valence-electron chi connectivity index (χ1n) is 16.9. The molecule has 0 saturated heterocycles. The average Bonchev–Trinajstić information content (AvgIpc) is 3.82. The molecule has 0 aliphatic rings. The molecule has 0 saturated carbocycles. The van der Waals surface area contributed by atoms with Crippen LogP contribution in [0.1, 0.15) is 66.2 Å². The second-order valence-electron chi connectivity index (χ2n) is 12.7. The Balaban J connectivity index is 1.45. The molecule has 4 unspecified atom stereocenters. The number of thiazole rings is 2. The van der Waals surface area contributed by atoms with Crippen LogP contribution in [0.4, 0.5) is 9.59 Å². The number of hydrogen-bond donors (Lipinski definition) is 4. The molecule has 4 amide bonds. The number of amides is 4. The maximum Gasteiger partial charge on any atom is 0.407 e. The van der Waals surface area contributed by atoms with Gasteiger partial charge in [-0.25, -0.2) is 14.6 Å². The molecule has 4 N–H and O–H groups in total. The fourth-order valence-electron chi connectivity index (χ4n) is 5.40. The van der Waals surface area contributed by atoms with Crippen LogP contribution in [0.2, 0.25) is 0 Å². The van der Waals surface area contributed by atoms with E-state index in [2.05, 4.69) is 45.1 Å². The number of nitrogens with zero attached hydrogens (tertiary/aromatic N) is 3. The molecule has 0 aliphatic heterocycles. The topological polar surface area (TPSA) is 138 Å². The number of hydrogen-bond acceptors (Lipinski definition) is 9. The molecular formula is C37H49N7O4S2. The van der Waals surface area contributed by atoms with Crippen molar-refractivity contribution in [3.05, 3.63) is 104 Å². The lowest BCUT2D eigenvalue weighted by atomic mass is 9.95. The summed E-state index contributed by atoms with van der Waals surface area (Å²) < 4.78 is 5.49. The van der Waals surface area contributed by atoms with E-state index in [1.54, 1.807) is 37.1 Å². The summed E-state index contributed by atoms with van der Waals surface area (Å²) in [5, 5.41) is 15.3. The van der Waals surface area contributed by atoms with Crippen molar-refractivity contribution in [2.75, 3.05) is 14.1 Å². The summed E-state index contributed by atoms with van der Waals surface area (Å²) >= 11 is 3.01. The Morgan fingerprint density at radius 3 is 2.02 bits per heavy atom. The van der Waals surface area contributed by atoms with Crippen LogP contribution < -0.4 is 21.3 Å². The minimum atomic E-state index is -0.838. The van der Waals surface area contributed by atoms with Gasteiger partial charge in [-0.15, -0.1) is 22.7 Å². The van der Waals surface area contributed by atoms with E-state index < -0.39 is 12.1 Å². The van der Waals surface area contributed by atoms with Gasteiger partial charge in [0.15, 0.2) is 0 Å². The van der Waals surface area contributed by atoms with Crippen LogP contribution in [0, 0.1) is 0 Å². The number of carbonyl (C=O) groups is 3. The van der Waals surface area contributed by atoms with Gasteiger partial charge >= 0.3 is 12.1 Å². The smallest absolute Gasteiger partial charge is 0.407 e. The molecule has 4 aromatic rings. The van der Waals surface area contributed by atoms with Gasteiger partial charge in [0.1, 0.15) is 12.6 Å². The van der Waals surface area contributed by atoms with Crippen molar-refractivity contribution in [1.82, 2.24) is 36.1 Å². The van der Waals surface area contributed by atoms with Crippen LogP contribution in [-0.2, 0) is 35.5 Å². The van der Waals surface area contributed by atoms with E-state index in [9.17, 15) is 14.4 Å². The highest BCUT2D eigenvalue weighted by atomic mass is 32.1. The molecule has 2 aromatic heterocycles. The Labute approximate surface area is 303 Å². The summed E-state index contributed by atoms with van der Waals surface area (Å²) in [6.07, 6.45) is 3.51. The van der Waals surface area contributed by atoms with Crippen molar-refractivity contribution < 1.29 is 19.1 Å². The summed E-state index contributed by atoms with van der Waals surface area (Å²) in [5.41, 5.74) is 4.66. The van der Waals surface area contributed by atoms with Crippen LogP contribution in [0.15, 0.2) is 77.8 Å². The molecule has 13 heteroatoms. The quantitative estimate of drug-likeness (QED) is 0.101. The summed E-state index contributed by atoms with van der Waals surface area (Å²) in [5.74, 6) is 0.0236. The van der Waals surface area contributed by atoms with Gasteiger partial charge in [0, 0.05) is 42.7 Å². The maximum atomic E-state index is 14.0. The Morgan fingerprint density at radius 1 is 0.860 bits per heavy atom. The number of alkyl carbamates (subject to hydrolysis) is 1. The predicted molar refractivity (Wildman–Crippen MR) is 199 cm³/mol. The van der Waals surface area contributed by atoms with Gasteiger partial charge in [-0.2, -0.15) is 0 Å². The van der Waals surface area contributed by atoms with E-state index in [1.807, 2.05) is 73.0 Å². The van der Waals surface area contributed by atoms with E-state index in [4.69, 9.17) is 4.74 Å². The SMILES string of the molecule is CNC(C)C(NC(=O)N(C)Cc1csc(C(C)C)n1)C(=O)NC(CCC(Cc1ccccc1)NC(=O)OCc1cncs1)Cc1ccccc1. The molecule has 4 rings (SSSR count). The molecule has 0 bridgehead atoms. The van der Waals surface area contributed by atoms with Gasteiger partial charge in [-0.05, 0) is 50.8 Å². The maximum absolute atomic E-state index is 14.0. The van der Waals surface area contributed by atoms with E-state index in [0.717, 1.165) is 26.7 Å². The number of likely N-dealkylation sites (N-methyl/N-ethyl adjacent to an activating group) is 1. The summed E-state index contributed by atoms with van der Waals surface area (Å²) in [4.78, 5) is 51.3. The number of rotatable bonds is 18.